The molecule has 8 heteroatoms. The third kappa shape index (κ3) is 13.2. The van der Waals surface area contributed by atoms with Gasteiger partial charge in [0.05, 0.1) is 0 Å². The van der Waals surface area contributed by atoms with Crippen molar-refractivity contribution in [3.8, 4) is 0 Å². The molecule has 0 radical (unpaired) electrons. The van der Waals surface area contributed by atoms with E-state index in [0.29, 0.717) is 0 Å². The molecule has 0 aromatic heterocycles. The van der Waals surface area contributed by atoms with E-state index in [9.17, 15) is 9.59 Å². The summed E-state index contributed by atoms with van der Waals surface area (Å²) < 4.78 is 0. The van der Waals surface area contributed by atoms with Gasteiger partial charge in [0.1, 0.15) is 0 Å². The number of carbonyl (C=O) groups is 2. The summed E-state index contributed by atoms with van der Waals surface area (Å²) in [5.41, 5.74) is 17.3. The van der Waals surface area contributed by atoms with Gasteiger partial charge >= 0.3 is 11.9 Å². The summed E-state index contributed by atoms with van der Waals surface area (Å²) in [5, 5.41) is 23.5. The standard InChI is InChI=1S/2C13H20N2O2/c2*1-10-9-11(6-7-12(10)14)15-8-4-2-3-5-13(16)17/h2*6-7,9,15H,2-5,8,14H2,1H3,(H,16,17). The lowest BCUT2D eigenvalue weighted by Gasteiger charge is -2.08. The fourth-order valence-electron chi connectivity index (χ4n) is 3.19. The third-order valence-corrected chi connectivity index (χ3v) is 5.33. The Morgan fingerprint density at radius 1 is 0.676 bits per heavy atom. The zero-order valence-corrected chi connectivity index (χ0v) is 20.4. The fourth-order valence-corrected chi connectivity index (χ4v) is 3.19. The molecule has 34 heavy (non-hydrogen) atoms. The quantitative estimate of drug-likeness (QED) is 0.161. The van der Waals surface area contributed by atoms with Gasteiger partial charge in [-0.3, -0.25) is 9.59 Å². The van der Waals surface area contributed by atoms with Gasteiger partial charge in [0.15, 0.2) is 0 Å². The molecule has 0 aliphatic carbocycles. The van der Waals surface area contributed by atoms with Crippen molar-refractivity contribution < 1.29 is 19.8 Å². The first-order valence-electron chi connectivity index (χ1n) is 11.8. The molecule has 0 atom stereocenters. The van der Waals surface area contributed by atoms with Gasteiger partial charge in [-0.1, -0.05) is 12.8 Å². The SMILES string of the molecule is Cc1cc(NCCCCCC(=O)O)ccc1N.Cc1cc(NCCCCCC(=O)O)ccc1N. The van der Waals surface area contributed by atoms with Crippen LogP contribution in [-0.2, 0) is 9.59 Å². The molecule has 188 valence electrons. The number of anilines is 4. The summed E-state index contributed by atoms with van der Waals surface area (Å²) in [6.07, 6.45) is 5.87. The van der Waals surface area contributed by atoms with Crippen LogP contribution in [0.25, 0.3) is 0 Å². The number of carboxylic acid groups (broad SMARTS) is 2. The normalized spacial score (nSPS) is 10.2. The van der Waals surface area contributed by atoms with Crippen molar-refractivity contribution in [2.24, 2.45) is 0 Å². The first-order chi connectivity index (χ1) is 16.2. The first-order valence-corrected chi connectivity index (χ1v) is 11.8. The number of unbranched alkanes of at least 4 members (excludes halogenated alkanes) is 4. The molecule has 2 aromatic carbocycles. The monoisotopic (exact) mass is 472 g/mol. The molecular weight excluding hydrogens is 432 g/mol. The van der Waals surface area contributed by atoms with Crippen LogP contribution in [0.1, 0.15) is 62.5 Å². The summed E-state index contributed by atoms with van der Waals surface area (Å²) in [6, 6.07) is 11.7. The molecule has 2 rings (SSSR count). The maximum atomic E-state index is 10.3. The van der Waals surface area contributed by atoms with Crippen LogP contribution in [-0.4, -0.2) is 35.2 Å². The Bertz CT molecular complexity index is 829. The maximum Gasteiger partial charge on any atom is 0.303 e. The molecule has 0 spiro atoms. The Hall–Kier alpha value is -3.42. The molecule has 0 saturated heterocycles. The van der Waals surface area contributed by atoms with Gasteiger partial charge in [-0.05, 0) is 87.1 Å². The Morgan fingerprint density at radius 3 is 1.38 bits per heavy atom. The Kier molecular flexibility index (Phi) is 13.7. The Labute approximate surface area is 202 Å². The van der Waals surface area contributed by atoms with E-state index in [1.165, 1.54) is 0 Å². The number of hydrogen-bond acceptors (Lipinski definition) is 6. The van der Waals surface area contributed by atoms with Crippen molar-refractivity contribution in [2.45, 2.75) is 65.2 Å². The van der Waals surface area contributed by atoms with E-state index in [4.69, 9.17) is 21.7 Å². The van der Waals surface area contributed by atoms with Gasteiger partial charge < -0.3 is 32.3 Å². The van der Waals surface area contributed by atoms with Gasteiger partial charge in [0, 0.05) is 48.7 Å². The van der Waals surface area contributed by atoms with E-state index in [-0.39, 0.29) is 12.8 Å². The molecule has 0 heterocycles. The highest BCUT2D eigenvalue weighted by molar-refractivity contribution is 5.66. The van der Waals surface area contributed by atoms with Crippen molar-refractivity contribution in [3.05, 3.63) is 47.5 Å². The van der Waals surface area contributed by atoms with Crippen molar-refractivity contribution >= 4 is 34.7 Å². The second kappa shape index (κ2) is 16.2. The van der Waals surface area contributed by atoms with E-state index in [2.05, 4.69) is 10.6 Å². The number of benzene rings is 2. The van der Waals surface area contributed by atoms with Crippen molar-refractivity contribution in [1.29, 1.82) is 0 Å². The van der Waals surface area contributed by atoms with Crippen molar-refractivity contribution in [3.63, 3.8) is 0 Å². The van der Waals surface area contributed by atoms with Crippen LogP contribution in [0, 0.1) is 13.8 Å². The molecule has 0 aliphatic rings. The van der Waals surface area contributed by atoms with Gasteiger partial charge in [-0.25, -0.2) is 0 Å². The zero-order valence-electron chi connectivity index (χ0n) is 20.4. The van der Waals surface area contributed by atoms with Crippen LogP contribution in [0.3, 0.4) is 0 Å². The lowest BCUT2D eigenvalue weighted by Crippen LogP contribution is -2.03. The molecule has 8 nitrogen and oxygen atoms in total. The average Bonchev–Trinajstić information content (AvgIpc) is 2.78. The van der Waals surface area contributed by atoms with Crippen LogP contribution in [0.5, 0.6) is 0 Å². The van der Waals surface area contributed by atoms with Crippen LogP contribution in [0.4, 0.5) is 22.7 Å². The Morgan fingerprint density at radius 2 is 1.06 bits per heavy atom. The predicted molar refractivity (Wildman–Crippen MR) is 140 cm³/mol. The van der Waals surface area contributed by atoms with E-state index in [1.54, 1.807) is 0 Å². The number of hydrogen-bond donors (Lipinski definition) is 6. The lowest BCUT2D eigenvalue weighted by atomic mass is 10.1. The number of aliphatic carboxylic acids is 2. The highest BCUT2D eigenvalue weighted by Gasteiger charge is 1.99. The molecule has 8 N–H and O–H groups in total. The maximum absolute atomic E-state index is 10.3. The smallest absolute Gasteiger partial charge is 0.303 e. The van der Waals surface area contributed by atoms with Crippen molar-refractivity contribution in [2.75, 3.05) is 35.2 Å². The largest absolute Gasteiger partial charge is 0.481 e. The van der Waals surface area contributed by atoms with Gasteiger partial charge in [0.2, 0.25) is 0 Å². The summed E-state index contributed by atoms with van der Waals surface area (Å²) in [4.78, 5) is 20.6. The summed E-state index contributed by atoms with van der Waals surface area (Å²) in [5.74, 6) is -1.43. The molecule has 0 bridgehead atoms. The number of nitrogen functional groups attached to an aromatic ring is 2. The van der Waals surface area contributed by atoms with E-state index in [0.717, 1.165) is 85.5 Å². The van der Waals surface area contributed by atoms with Gasteiger partial charge in [-0.15, -0.1) is 0 Å². The third-order valence-electron chi connectivity index (χ3n) is 5.33. The molecule has 0 unspecified atom stereocenters. The van der Waals surface area contributed by atoms with E-state index >= 15 is 0 Å². The molecule has 0 aliphatic heterocycles. The number of carboxylic acids is 2. The van der Waals surface area contributed by atoms with E-state index in [1.807, 2.05) is 50.2 Å². The topological polar surface area (TPSA) is 151 Å². The fraction of sp³-hybridized carbons (Fsp3) is 0.462. The Balaban J connectivity index is 0.000000340. The summed E-state index contributed by atoms with van der Waals surface area (Å²) in [7, 11) is 0. The van der Waals surface area contributed by atoms with E-state index < -0.39 is 11.9 Å². The number of rotatable bonds is 14. The number of nitrogens with one attached hydrogen (secondary N) is 2. The lowest BCUT2D eigenvalue weighted by molar-refractivity contribution is -0.138. The zero-order chi connectivity index (χ0) is 25.3. The minimum absolute atomic E-state index is 0.265. The van der Waals surface area contributed by atoms with Crippen LogP contribution < -0.4 is 22.1 Å². The molecule has 0 amide bonds. The minimum atomic E-state index is -0.716. The van der Waals surface area contributed by atoms with Crippen LogP contribution in [0.15, 0.2) is 36.4 Å². The average molecular weight is 473 g/mol. The number of nitrogens with two attached hydrogens (primary N) is 2. The second-order valence-electron chi connectivity index (χ2n) is 8.41. The number of aryl methyl sites for hydroxylation is 2. The van der Waals surface area contributed by atoms with Gasteiger partial charge in [-0.2, -0.15) is 0 Å². The van der Waals surface area contributed by atoms with Crippen LogP contribution in [0.2, 0.25) is 0 Å². The highest BCUT2D eigenvalue weighted by Crippen LogP contribution is 2.17. The molecular formula is C26H40N4O4. The van der Waals surface area contributed by atoms with Crippen LogP contribution >= 0.6 is 0 Å². The minimum Gasteiger partial charge on any atom is -0.481 e. The summed E-state index contributed by atoms with van der Waals surface area (Å²) in [6.45, 7) is 5.69. The second-order valence-corrected chi connectivity index (χ2v) is 8.41. The van der Waals surface area contributed by atoms with Crippen molar-refractivity contribution in [1.82, 2.24) is 0 Å². The summed E-state index contributed by atoms with van der Waals surface area (Å²) >= 11 is 0. The molecule has 2 aromatic rings. The first kappa shape index (κ1) is 28.6. The molecule has 0 saturated carbocycles. The molecule has 0 fully saturated rings. The van der Waals surface area contributed by atoms with Gasteiger partial charge in [0.25, 0.3) is 0 Å². The highest BCUT2D eigenvalue weighted by atomic mass is 16.4. The predicted octanol–water partition coefficient (Wildman–Crippen LogP) is 5.27.